The van der Waals surface area contributed by atoms with Gasteiger partial charge in [-0.3, -0.25) is 0 Å². The predicted octanol–water partition coefficient (Wildman–Crippen LogP) is 3.11. The highest BCUT2D eigenvalue weighted by molar-refractivity contribution is 7.98. The molecule has 17 heavy (non-hydrogen) atoms. The summed E-state index contributed by atoms with van der Waals surface area (Å²) in [4.78, 5) is 3.74. The number of benzene rings is 1. The number of hydrogen-bond acceptors (Lipinski definition) is 3. The summed E-state index contributed by atoms with van der Waals surface area (Å²) >= 11 is 1.79. The maximum atomic E-state index is 5.95. The van der Waals surface area contributed by atoms with Crippen molar-refractivity contribution in [2.75, 3.05) is 18.2 Å². The van der Waals surface area contributed by atoms with Crippen LogP contribution in [-0.2, 0) is 0 Å². The second-order valence-corrected chi connectivity index (χ2v) is 5.76. The fraction of sp³-hybridized carbons (Fsp3) is 0.571. The van der Waals surface area contributed by atoms with E-state index >= 15 is 0 Å². The lowest BCUT2D eigenvalue weighted by molar-refractivity contribution is 0.385. The van der Waals surface area contributed by atoms with E-state index in [-0.39, 0.29) is 0 Å². The van der Waals surface area contributed by atoms with Crippen molar-refractivity contribution >= 4 is 17.4 Å². The van der Waals surface area contributed by atoms with Gasteiger partial charge in [-0.1, -0.05) is 0 Å². The molecule has 1 aliphatic rings. The van der Waals surface area contributed by atoms with Gasteiger partial charge in [0.25, 0.3) is 0 Å². The first-order valence-electron chi connectivity index (χ1n) is 6.33. The number of nitrogens with two attached hydrogens (primary N) is 1. The molecule has 1 aromatic rings. The summed E-state index contributed by atoms with van der Waals surface area (Å²) in [6.07, 6.45) is 6.89. The van der Waals surface area contributed by atoms with Gasteiger partial charge in [-0.15, -0.1) is 11.8 Å². The number of rotatable bonds is 3. The van der Waals surface area contributed by atoms with Crippen LogP contribution >= 0.6 is 11.8 Å². The lowest BCUT2D eigenvalue weighted by atomic mass is 9.91. The first-order chi connectivity index (χ1) is 8.20. The lowest BCUT2D eigenvalue weighted by Crippen LogP contribution is -2.38. The topological polar surface area (TPSA) is 29.3 Å². The lowest BCUT2D eigenvalue weighted by Gasteiger charge is -2.35. The number of anilines is 1. The van der Waals surface area contributed by atoms with Gasteiger partial charge >= 0.3 is 0 Å². The molecule has 0 saturated heterocycles. The molecule has 94 valence electrons. The van der Waals surface area contributed by atoms with E-state index in [0.29, 0.717) is 12.1 Å². The van der Waals surface area contributed by atoms with Gasteiger partial charge in [-0.05, 0) is 56.2 Å². The molecule has 0 radical (unpaired) electrons. The van der Waals surface area contributed by atoms with Crippen LogP contribution in [0.15, 0.2) is 29.2 Å². The van der Waals surface area contributed by atoms with Gasteiger partial charge in [0, 0.05) is 29.7 Å². The SMILES string of the molecule is CSc1ccc(N(C)C2CCC(N)CC2)cc1. The summed E-state index contributed by atoms with van der Waals surface area (Å²) in [6, 6.07) is 9.94. The van der Waals surface area contributed by atoms with Crippen molar-refractivity contribution in [3.63, 3.8) is 0 Å². The Morgan fingerprint density at radius 3 is 2.24 bits per heavy atom. The first-order valence-corrected chi connectivity index (χ1v) is 7.55. The first kappa shape index (κ1) is 12.8. The van der Waals surface area contributed by atoms with Gasteiger partial charge in [0.15, 0.2) is 0 Å². The van der Waals surface area contributed by atoms with Gasteiger partial charge in [-0.25, -0.2) is 0 Å². The van der Waals surface area contributed by atoms with Gasteiger partial charge in [0.2, 0.25) is 0 Å². The molecule has 1 aromatic carbocycles. The van der Waals surface area contributed by atoms with E-state index in [4.69, 9.17) is 5.73 Å². The van der Waals surface area contributed by atoms with Crippen LogP contribution in [0.4, 0.5) is 5.69 Å². The highest BCUT2D eigenvalue weighted by atomic mass is 32.2. The molecular formula is C14H22N2S. The summed E-state index contributed by atoms with van der Waals surface area (Å²) in [5, 5.41) is 0. The van der Waals surface area contributed by atoms with Crippen LogP contribution in [0.25, 0.3) is 0 Å². The quantitative estimate of drug-likeness (QED) is 0.836. The van der Waals surface area contributed by atoms with E-state index in [0.717, 1.165) is 12.8 Å². The van der Waals surface area contributed by atoms with Crippen LogP contribution in [0, 0.1) is 0 Å². The fourth-order valence-electron chi connectivity index (χ4n) is 2.52. The molecule has 1 fully saturated rings. The van der Waals surface area contributed by atoms with Gasteiger partial charge in [0.1, 0.15) is 0 Å². The molecule has 0 spiro atoms. The van der Waals surface area contributed by atoms with Gasteiger partial charge in [0.05, 0.1) is 0 Å². The molecule has 0 unspecified atom stereocenters. The average Bonchev–Trinajstić information content (AvgIpc) is 2.39. The second-order valence-electron chi connectivity index (χ2n) is 4.88. The third-order valence-corrected chi connectivity index (χ3v) is 4.51. The maximum Gasteiger partial charge on any atom is 0.0366 e. The number of nitrogens with zero attached hydrogens (tertiary/aromatic N) is 1. The number of thioether (sulfide) groups is 1. The molecule has 1 aliphatic carbocycles. The minimum Gasteiger partial charge on any atom is -0.372 e. The van der Waals surface area contributed by atoms with Crippen LogP contribution in [0.2, 0.25) is 0 Å². The normalized spacial score (nSPS) is 24.6. The van der Waals surface area contributed by atoms with Crippen LogP contribution < -0.4 is 10.6 Å². The smallest absolute Gasteiger partial charge is 0.0366 e. The van der Waals surface area contributed by atoms with Gasteiger partial charge < -0.3 is 10.6 Å². The van der Waals surface area contributed by atoms with Crippen molar-refractivity contribution in [1.29, 1.82) is 0 Å². The van der Waals surface area contributed by atoms with Crippen molar-refractivity contribution in [3.8, 4) is 0 Å². The molecule has 0 aliphatic heterocycles. The highest BCUT2D eigenvalue weighted by Crippen LogP contribution is 2.27. The summed E-state index contributed by atoms with van der Waals surface area (Å²) in [6.45, 7) is 0. The highest BCUT2D eigenvalue weighted by Gasteiger charge is 2.21. The molecular weight excluding hydrogens is 228 g/mol. The minimum atomic E-state index is 0.429. The Morgan fingerprint density at radius 2 is 1.71 bits per heavy atom. The maximum absolute atomic E-state index is 5.95. The summed E-state index contributed by atoms with van der Waals surface area (Å²) < 4.78 is 0. The average molecular weight is 250 g/mol. The zero-order valence-electron chi connectivity index (χ0n) is 10.7. The molecule has 3 heteroatoms. The zero-order chi connectivity index (χ0) is 12.3. The Bertz CT molecular complexity index is 342. The van der Waals surface area contributed by atoms with Crippen LogP contribution in [-0.4, -0.2) is 25.4 Å². The molecule has 0 heterocycles. The Balaban J connectivity index is 2.00. The Morgan fingerprint density at radius 1 is 1.12 bits per heavy atom. The van der Waals surface area contributed by atoms with E-state index in [1.54, 1.807) is 11.8 Å². The molecule has 2 nitrogen and oxygen atoms in total. The van der Waals surface area contributed by atoms with Crippen LogP contribution in [0.3, 0.4) is 0 Å². The van der Waals surface area contributed by atoms with Crippen LogP contribution in [0.5, 0.6) is 0 Å². The van der Waals surface area contributed by atoms with E-state index in [1.807, 2.05) is 0 Å². The third kappa shape index (κ3) is 3.17. The molecule has 0 amide bonds. The zero-order valence-corrected chi connectivity index (χ0v) is 11.5. The van der Waals surface area contributed by atoms with Crippen molar-refractivity contribution < 1.29 is 0 Å². The molecule has 0 atom stereocenters. The monoisotopic (exact) mass is 250 g/mol. The van der Waals surface area contributed by atoms with E-state index in [9.17, 15) is 0 Å². The summed E-state index contributed by atoms with van der Waals surface area (Å²) in [5.74, 6) is 0. The Hall–Kier alpha value is -0.670. The second kappa shape index (κ2) is 5.78. The molecule has 1 saturated carbocycles. The summed E-state index contributed by atoms with van der Waals surface area (Å²) in [5.41, 5.74) is 7.27. The minimum absolute atomic E-state index is 0.429. The van der Waals surface area contributed by atoms with E-state index in [1.165, 1.54) is 23.4 Å². The Labute approximate surface area is 109 Å². The molecule has 2 N–H and O–H groups in total. The summed E-state index contributed by atoms with van der Waals surface area (Å²) in [7, 11) is 2.20. The van der Waals surface area contributed by atoms with E-state index < -0.39 is 0 Å². The standard InChI is InChI=1S/C14H22N2S/c1-16(12-5-3-11(15)4-6-12)13-7-9-14(17-2)10-8-13/h7-12H,3-6,15H2,1-2H3. The van der Waals surface area contributed by atoms with Crippen molar-refractivity contribution in [2.45, 2.75) is 42.7 Å². The van der Waals surface area contributed by atoms with Crippen molar-refractivity contribution in [3.05, 3.63) is 24.3 Å². The van der Waals surface area contributed by atoms with Crippen molar-refractivity contribution in [2.24, 2.45) is 5.73 Å². The van der Waals surface area contributed by atoms with Crippen LogP contribution in [0.1, 0.15) is 25.7 Å². The fourth-order valence-corrected chi connectivity index (χ4v) is 2.93. The Kier molecular flexibility index (Phi) is 4.35. The molecule has 0 bridgehead atoms. The van der Waals surface area contributed by atoms with Gasteiger partial charge in [-0.2, -0.15) is 0 Å². The largest absolute Gasteiger partial charge is 0.372 e. The van der Waals surface area contributed by atoms with Crippen molar-refractivity contribution in [1.82, 2.24) is 0 Å². The van der Waals surface area contributed by atoms with E-state index in [2.05, 4.69) is 42.5 Å². The molecule has 2 rings (SSSR count). The predicted molar refractivity (Wildman–Crippen MR) is 76.9 cm³/mol. The number of hydrogen-bond donors (Lipinski definition) is 1. The third-order valence-electron chi connectivity index (χ3n) is 3.77. The molecule has 0 aromatic heterocycles.